The number of thiol groups is 1. The maximum absolute atomic E-state index is 12.1. The van der Waals surface area contributed by atoms with E-state index in [9.17, 15) is 4.79 Å². The van der Waals surface area contributed by atoms with Gasteiger partial charge in [0.25, 0.3) is 0 Å². The largest absolute Gasteiger partial charge is 0.294 e. The fraction of sp³-hybridized carbons (Fsp3) is 0.389. The molecule has 106 valence electrons. The molecule has 2 aromatic rings. The van der Waals surface area contributed by atoms with Gasteiger partial charge in [0.2, 0.25) is 0 Å². The minimum absolute atomic E-state index is 0.145. The first kappa shape index (κ1) is 15.1. The Morgan fingerprint density at radius 1 is 1.05 bits per heavy atom. The molecule has 0 saturated heterocycles. The zero-order valence-corrected chi connectivity index (χ0v) is 13.6. The molecule has 0 fully saturated rings. The number of benzene rings is 2. The maximum atomic E-state index is 12.1. The highest BCUT2D eigenvalue weighted by Crippen LogP contribution is 2.30. The molecule has 0 radical (unpaired) electrons. The van der Waals surface area contributed by atoms with E-state index >= 15 is 0 Å². The van der Waals surface area contributed by atoms with Gasteiger partial charge in [0, 0.05) is 11.3 Å². The normalized spacial score (nSPS) is 11.8. The number of Topliss-reactive ketones (excluding diaryl/α,β-unsaturated/α-hetero) is 1. The van der Waals surface area contributed by atoms with Crippen molar-refractivity contribution in [2.24, 2.45) is 5.41 Å². The van der Waals surface area contributed by atoms with Crippen LogP contribution in [-0.4, -0.2) is 5.78 Å². The van der Waals surface area contributed by atoms with Crippen molar-refractivity contribution in [3.63, 3.8) is 0 Å². The summed E-state index contributed by atoms with van der Waals surface area (Å²) in [5.74, 6) is 0.832. The molecule has 0 atom stereocenters. The summed E-state index contributed by atoms with van der Waals surface area (Å²) in [7, 11) is 0. The van der Waals surface area contributed by atoms with Gasteiger partial charge in [0.1, 0.15) is 0 Å². The van der Waals surface area contributed by atoms with Crippen LogP contribution in [-0.2, 0) is 12.2 Å². The third-order valence-electron chi connectivity index (χ3n) is 3.48. The lowest BCUT2D eigenvalue weighted by molar-refractivity contribution is 0.101. The maximum Gasteiger partial charge on any atom is 0.160 e. The molecule has 2 heteroatoms. The monoisotopic (exact) mass is 286 g/mol. The molecule has 0 N–H and O–H groups in total. The van der Waals surface area contributed by atoms with Crippen molar-refractivity contribution >= 4 is 29.2 Å². The van der Waals surface area contributed by atoms with Gasteiger partial charge in [-0.05, 0) is 40.7 Å². The van der Waals surface area contributed by atoms with E-state index in [4.69, 9.17) is 0 Å². The summed E-state index contributed by atoms with van der Waals surface area (Å²) in [6.07, 6.45) is 0.906. The molecule has 0 amide bonds. The predicted molar refractivity (Wildman–Crippen MR) is 89.8 cm³/mol. The Bertz CT molecular complexity index is 650. The van der Waals surface area contributed by atoms with E-state index in [2.05, 4.69) is 51.6 Å². The Labute approximate surface area is 126 Å². The molecule has 0 spiro atoms. The summed E-state index contributed by atoms with van der Waals surface area (Å²) in [4.78, 5) is 12.1. The number of carbonyl (C=O) groups excluding carboxylic acids is 1. The van der Waals surface area contributed by atoms with Gasteiger partial charge < -0.3 is 0 Å². The summed E-state index contributed by atoms with van der Waals surface area (Å²) >= 11 is 4.38. The lowest BCUT2D eigenvalue weighted by Gasteiger charge is -2.21. The molecule has 1 nitrogen and oxygen atoms in total. The van der Waals surface area contributed by atoms with Crippen LogP contribution < -0.4 is 0 Å². The molecule has 0 unspecified atom stereocenters. The van der Waals surface area contributed by atoms with Crippen molar-refractivity contribution in [2.45, 2.75) is 39.9 Å². The summed E-state index contributed by atoms with van der Waals surface area (Å²) in [5.41, 5.74) is 3.37. The number of hydrogen-bond acceptors (Lipinski definition) is 2. The zero-order valence-electron chi connectivity index (χ0n) is 12.7. The molecule has 0 aromatic heterocycles. The highest BCUT2D eigenvalue weighted by atomic mass is 32.1. The Morgan fingerprint density at radius 2 is 1.75 bits per heavy atom. The molecular weight excluding hydrogens is 264 g/mol. The van der Waals surface area contributed by atoms with Crippen LogP contribution >= 0.6 is 12.6 Å². The molecule has 0 saturated carbocycles. The summed E-state index contributed by atoms with van der Waals surface area (Å²) in [6.45, 7) is 8.26. The van der Waals surface area contributed by atoms with Crippen molar-refractivity contribution in [2.75, 3.05) is 0 Å². The van der Waals surface area contributed by atoms with E-state index in [1.165, 1.54) is 5.56 Å². The topological polar surface area (TPSA) is 17.1 Å². The average Bonchev–Trinajstić information content (AvgIpc) is 2.35. The number of rotatable bonds is 3. The van der Waals surface area contributed by atoms with Crippen LogP contribution in [0, 0.1) is 5.41 Å². The van der Waals surface area contributed by atoms with Crippen molar-refractivity contribution in [3.8, 4) is 0 Å². The second kappa shape index (κ2) is 5.61. The molecule has 0 aliphatic carbocycles. The van der Waals surface area contributed by atoms with Crippen molar-refractivity contribution in [1.29, 1.82) is 0 Å². The third-order valence-corrected chi connectivity index (χ3v) is 3.82. The fourth-order valence-corrected chi connectivity index (χ4v) is 3.02. The summed E-state index contributed by atoms with van der Waals surface area (Å²) in [5, 5.41) is 2.20. The minimum atomic E-state index is 0.145. The molecule has 0 aliphatic rings. The number of ketones is 1. The predicted octanol–water partition coefficient (Wildman–Crippen LogP) is 5.06. The van der Waals surface area contributed by atoms with Crippen molar-refractivity contribution in [1.82, 2.24) is 0 Å². The summed E-state index contributed by atoms with van der Waals surface area (Å²) < 4.78 is 0. The van der Waals surface area contributed by atoms with Crippen LogP contribution in [0.3, 0.4) is 0 Å². The quantitative estimate of drug-likeness (QED) is 0.616. The van der Waals surface area contributed by atoms with E-state index in [1.54, 1.807) is 6.92 Å². The van der Waals surface area contributed by atoms with Gasteiger partial charge in [-0.2, -0.15) is 12.6 Å². The number of fused-ring (bicyclic) bond motifs is 1. The van der Waals surface area contributed by atoms with Gasteiger partial charge in [0.05, 0.1) is 0 Å². The Hall–Kier alpha value is -1.28. The highest BCUT2D eigenvalue weighted by Gasteiger charge is 2.18. The number of carbonyl (C=O) groups is 1. The van der Waals surface area contributed by atoms with Gasteiger partial charge in [-0.1, -0.05) is 51.1 Å². The van der Waals surface area contributed by atoms with Crippen LogP contribution in [0.25, 0.3) is 10.8 Å². The van der Waals surface area contributed by atoms with Crippen LogP contribution in [0.1, 0.15) is 49.2 Å². The van der Waals surface area contributed by atoms with Gasteiger partial charge in [-0.25, -0.2) is 0 Å². The zero-order chi connectivity index (χ0) is 14.9. The standard InChI is InChI=1S/C18H22OS/c1-12(19)17-13(10-18(2,3)4)8-9-15-14(11-20)6-5-7-16(15)17/h5-9,20H,10-11H2,1-4H3. The lowest BCUT2D eigenvalue weighted by atomic mass is 9.83. The van der Waals surface area contributed by atoms with Crippen molar-refractivity contribution < 1.29 is 4.79 Å². The second-order valence-corrected chi connectivity index (χ2v) is 6.88. The van der Waals surface area contributed by atoms with Gasteiger partial charge in [0.15, 0.2) is 5.78 Å². The first-order valence-corrected chi connectivity index (χ1v) is 7.62. The molecule has 2 rings (SSSR count). The number of hydrogen-bond donors (Lipinski definition) is 1. The van der Waals surface area contributed by atoms with Crippen LogP contribution in [0.2, 0.25) is 0 Å². The van der Waals surface area contributed by atoms with Gasteiger partial charge >= 0.3 is 0 Å². The molecule has 0 aliphatic heterocycles. The molecule has 2 aromatic carbocycles. The smallest absolute Gasteiger partial charge is 0.160 e. The third kappa shape index (κ3) is 3.06. The van der Waals surface area contributed by atoms with Crippen LogP contribution in [0.15, 0.2) is 30.3 Å². The first-order valence-electron chi connectivity index (χ1n) is 6.99. The summed E-state index contributed by atoms with van der Waals surface area (Å²) in [6, 6.07) is 10.4. The second-order valence-electron chi connectivity index (χ2n) is 6.56. The Morgan fingerprint density at radius 3 is 2.30 bits per heavy atom. The van der Waals surface area contributed by atoms with E-state index in [0.717, 1.165) is 28.3 Å². The van der Waals surface area contributed by atoms with Gasteiger partial charge in [-0.3, -0.25) is 4.79 Å². The lowest BCUT2D eigenvalue weighted by Crippen LogP contribution is -2.12. The van der Waals surface area contributed by atoms with E-state index in [0.29, 0.717) is 5.75 Å². The minimum Gasteiger partial charge on any atom is -0.294 e. The van der Waals surface area contributed by atoms with Gasteiger partial charge in [-0.15, -0.1) is 0 Å². The van der Waals surface area contributed by atoms with Crippen LogP contribution in [0.5, 0.6) is 0 Å². The molecule has 0 heterocycles. The van der Waals surface area contributed by atoms with E-state index < -0.39 is 0 Å². The first-order chi connectivity index (χ1) is 9.33. The highest BCUT2D eigenvalue weighted by molar-refractivity contribution is 7.79. The SMILES string of the molecule is CC(=O)c1c(CC(C)(C)C)ccc2c(CS)cccc12. The van der Waals surface area contributed by atoms with E-state index in [1.807, 2.05) is 12.1 Å². The van der Waals surface area contributed by atoms with E-state index in [-0.39, 0.29) is 11.2 Å². The molecule has 0 bridgehead atoms. The Kier molecular flexibility index (Phi) is 4.24. The van der Waals surface area contributed by atoms with Crippen LogP contribution in [0.4, 0.5) is 0 Å². The fourth-order valence-electron chi connectivity index (χ4n) is 2.74. The Balaban J connectivity index is 2.73. The molecule has 20 heavy (non-hydrogen) atoms. The van der Waals surface area contributed by atoms with Crippen molar-refractivity contribution in [3.05, 3.63) is 47.0 Å². The average molecular weight is 286 g/mol. The molecular formula is C18H22OS.